The van der Waals surface area contributed by atoms with E-state index in [1.54, 1.807) is 4.90 Å². The number of halogens is 4. The Kier molecular flexibility index (Phi) is 5.44. The Balaban J connectivity index is 1.74. The monoisotopic (exact) mass is 526 g/mol. The number of benzene rings is 1. The zero-order valence-corrected chi connectivity index (χ0v) is 19.7. The van der Waals surface area contributed by atoms with Crippen molar-refractivity contribution >= 4 is 22.4 Å². The van der Waals surface area contributed by atoms with Gasteiger partial charge in [-0.05, 0) is 24.6 Å². The first-order chi connectivity index (χ1) is 18.3. The molecule has 0 spiro atoms. The van der Waals surface area contributed by atoms with E-state index < -0.39 is 34.9 Å². The fraction of sp³-hybridized carbons (Fsp3) is 0.200. The van der Waals surface area contributed by atoms with Crippen molar-refractivity contribution in [2.75, 3.05) is 25.1 Å². The minimum Gasteiger partial charge on any atom is -0.480 e. The maximum atomic E-state index is 14.3. The normalized spacial score (nSPS) is 15.6. The summed E-state index contributed by atoms with van der Waals surface area (Å²) in [6, 6.07) is 6.50. The van der Waals surface area contributed by atoms with Crippen LogP contribution in [0.5, 0.6) is 5.88 Å². The van der Waals surface area contributed by atoms with Crippen molar-refractivity contribution in [1.82, 2.24) is 23.5 Å². The predicted molar refractivity (Wildman–Crippen MR) is 130 cm³/mol. The van der Waals surface area contributed by atoms with E-state index in [-0.39, 0.29) is 52.7 Å². The van der Waals surface area contributed by atoms with Gasteiger partial charge in [0.1, 0.15) is 34.7 Å². The van der Waals surface area contributed by atoms with Crippen molar-refractivity contribution < 1.29 is 22.3 Å². The van der Waals surface area contributed by atoms with Crippen LogP contribution in [-0.4, -0.2) is 49.9 Å². The summed E-state index contributed by atoms with van der Waals surface area (Å²) < 4.78 is 64.3. The van der Waals surface area contributed by atoms with Crippen molar-refractivity contribution in [1.29, 1.82) is 0 Å². The number of aromatic nitrogens is 5. The lowest BCUT2D eigenvalue weighted by Crippen LogP contribution is -2.39. The second-order valence-corrected chi connectivity index (χ2v) is 8.76. The average Bonchev–Trinajstić information content (AvgIpc) is 3.51. The summed E-state index contributed by atoms with van der Waals surface area (Å²) in [6.07, 6.45) is 1.69. The summed E-state index contributed by atoms with van der Waals surface area (Å²) in [5.41, 5.74) is -1.75. The van der Waals surface area contributed by atoms with Crippen LogP contribution in [0.4, 0.5) is 23.4 Å². The molecule has 38 heavy (non-hydrogen) atoms. The average molecular weight is 526 g/mol. The van der Waals surface area contributed by atoms with Crippen LogP contribution in [0.25, 0.3) is 28.1 Å². The Labute approximate surface area is 210 Å². The van der Waals surface area contributed by atoms with Gasteiger partial charge in [-0.3, -0.25) is 13.8 Å². The highest BCUT2D eigenvalue weighted by atomic mass is 19.2. The van der Waals surface area contributed by atoms with Crippen molar-refractivity contribution in [3.63, 3.8) is 0 Å². The summed E-state index contributed by atoms with van der Waals surface area (Å²) >= 11 is 0. The van der Waals surface area contributed by atoms with E-state index in [2.05, 4.69) is 9.97 Å². The van der Waals surface area contributed by atoms with Crippen LogP contribution >= 0.6 is 0 Å². The largest absolute Gasteiger partial charge is 0.480 e. The Morgan fingerprint density at radius 2 is 1.84 bits per heavy atom. The Morgan fingerprint density at radius 3 is 2.55 bits per heavy atom. The number of nitrogens with zero attached hydrogens (tertiary/aromatic N) is 6. The second kappa shape index (κ2) is 8.71. The van der Waals surface area contributed by atoms with Gasteiger partial charge in [0.25, 0.3) is 5.56 Å². The van der Waals surface area contributed by atoms with E-state index in [9.17, 15) is 27.2 Å². The Bertz CT molecular complexity index is 1860. The number of rotatable bonds is 4. The first-order valence-corrected chi connectivity index (χ1v) is 11.5. The fourth-order valence-corrected chi connectivity index (χ4v) is 4.69. The fourth-order valence-electron chi connectivity index (χ4n) is 4.69. The van der Waals surface area contributed by atoms with Gasteiger partial charge in [-0.25, -0.2) is 31.9 Å². The van der Waals surface area contributed by atoms with E-state index in [1.807, 2.05) is 0 Å². The third-order valence-corrected chi connectivity index (χ3v) is 6.49. The van der Waals surface area contributed by atoms with E-state index in [1.165, 1.54) is 36.0 Å². The number of pyridine rings is 2. The number of ether oxygens (including phenoxy) is 1. The van der Waals surface area contributed by atoms with Gasteiger partial charge in [-0.2, -0.15) is 4.98 Å². The lowest BCUT2D eigenvalue weighted by atomic mass is 10.2. The molecule has 1 fully saturated rings. The first-order valence-electron chi connectivity index (χ1n) is 11.5. The molecule has 1 aliphatic heterocycles. The number of anilines is 1. The molecule has 0 aliphatic carbocycles. The molecule has 0 bridgehead atoms. The zero-order valence-electron chi connectivity index (χ0n) is 19.7. The third-order valence-electron chi connectivity index (χ3n) is 6.49. The highest BCUT2D eigenvalue weighted by Gasteiger charge is 2.27. The van der Waals surface area contributed by atoms with Crippen LogP contribution < -0.4 is 20.9 Å². The molecule has 0 amide bonds. The highest BCUT2D eigenvalue weighted by Crippen LogP contribution is 2.29. The number of hydrogen-bond donors (Lipinski definition) is 0. The highest BCUT2D eigenvalue weighted by molar-refractivity contribution is 5.87. The van der Waals surface area contributed by atoms with Crippen molar-refractivity contribution in [2.24, 2.45) is 0 Å². The smallest absolute Gasteiger partial charge is 0.342 e. The van der Waals surface area contributed by atoms with Crippen LogP contribution in [0.2, 0.25) is 0 Å². The maximum Gasteiger partial charge on any atom is 0.342 e. The molecule has 13 heteroatoms. The molecule has 9 nitrogen and oxygen atoms in total. The van der Waals surface area contributed by atoms with Crippen LogP contribution in [0.15, 0.2) is 58.4 Å². The summed E-state index contributed by atoms with van der Waals surface area (Å²) in [4.78, 5) is 37.9. The molecule has 5 aromatic rings. The van der Waals surface area contributed by atoms with E-state index in [0.717, 1.165) is 33.4 Å². The van der Waals surface area contributed by atoms with Crippen LogP contribution in [0.3, 0.4) is 0 Å². The molecular formula is C25H18F4N6O3. The molecule has 0 radical (unpaired) electrons. The third kappa shape index (κ3) is 3.61. The van der Waals surface area contributed by atoms with Gasteiger partial charge in [0, 0.05) is 30.9 Å². The molecule has 6 rings (SSSR count). The predicted octanol–water partition coefficient (Wildman–Crippen LogP) is 3.16. The molecule has 1 saturated heterocycles. The summed E-state index contributed by atoms with van der Waals surface area (Å²) in [7, 11) is 1.28. The zero-order chi connectivity index (χ0) is 26.7. The number of imidazole rings is 1. The van der Waals surface area contributed by atoms with E-state index in [0.29, 0.717) is 6.54 Å². The number of fused-ring (bicyclic) bond motifs is 2. The van der Waals surface area contributed by atoms with Crippen LogP contribution in [-0.2, 0) is 0 Å². The molecule has 0 saturated carbocycles. The van der Waals surface area contributed by atoms with Gasteiger partial charge in [0.15, 0.2) is 11.6 Å². The standard InChI is InChI=1S/C25H18F4N6O3/c1-38-23-22-18(10-20(31-23)32-6-4-14(27)12-32)34(15-2-3-16(28)17(29)9-15)25(37)35(24(22)36)21-11-30-19-8-13(26)5-7-33(19)21/h2-3,5,7-11,14H,4,6,12H2,1H3/t14-/m1/s1. The van der Waals surface area contributed by atoms with Crippen molar-refractivity contribution in [2.45, 2.75) is 12.6 Å². The summed E-state index contributed by atoms with van der Waals surface area (Å²) in [5.74, 6) is -2.86. The summed E-state index contributed by atoms with van der Waals surface area (Å²) in [5, 5.41) is -0.145. The Hall–Kier alpha value is -4.68. The number of hydrogen-bond acceptors (Lipinski definition) is 6. The molecule has 1 atom stereocenters. The SMILES string of the molecule is COc1nc(N2CC[C@@H](F)C2)cc2c1c(=O)n(-c1cnc3cc(F)ccn13)c(=O)n2-c1ccc(F)c(F)c1. The second-order valence-electron chi connectivity index (χ2n) is 8.76. The first kappa shape index (κ1) is 23.7. The molecule has 1 aliphatic rings. The van der Waals surface area contributed by atoms with Gasteiger partial charge < -0.3 is 9.64 Å². The van der Waals surface area contributed by atoms with Crippen LogP contribution in [0, 0.1) is 17.5 Å². The van der Waals surface area contributed by atoms with Gasteiger partial charge in [0.05, 0.1) is 31.1 Å². The van der Waals surface area contributed by atoms with Gasteiger partial charge in [-0.15, -0.1) is 0 Å². The molecule has 1 aromatic carbocycles. The van der Waals surface area contributed by atoms with Crippen molar-refractivity contribution in [3.8, 4) is 17.4 Å². The van der Waals surface area contributed by atoms with Gasteiger partial charge in [0.2, 0.25) is 5.88 Å². The molecule has 4 aromatic heterocycles. The molecule has 0 unspecified atom stereocenters. The van der Waals surface area contributed by atoms with E-state index >= 15 is 0 Å². The summed E-state index contributed by atoms with van der Waals surface area (Å²) in [6.45, 7) is 0.389. The van der Waals surface area contributed by atoms with Gasteiger partial charge in [-0.1, -0.05) is 0 Å². The molecule has 5 heterocycles. The maximum absolute atomic E-state index is 14.3. The lowest BCUT2D eigenvalue weighted by Gasteiger charge is -2.20. The topological polar surface area (TPSA) is 86.7 Å². The minimum atomic E-state index is -1.22. The number of methoxy groups -OCH3 is 1. The van der Waals surface area contributed by atoms with Crippen LogP contribution in [0.1, 0.15) is 6.42 Å². The van der Waals surface area contributed by atoms with Gasteiger partial charge >= 0.3 is 5.69 Å². The lowest BCUT2D eigenvalue weighted by molar-refractivity contribution is 0.364. The van der Waals surface area contributed by atoms with Crippen molar-refractivity contribution in [3.05, 3.63) is 87.1 Å². The molecule has 194 valence electrons. The Morgan fingerprint density at radius 1 is 1.03 bits per heavy atom. The molecule has 0 N–H and O–H groups in total. The molecular weight excluding hydrogens is 508 g/mol. The number of alkyl halides is 1. The quantitative estimate of drug-likeness (QED) is 0.335. The van der Waals surface area contributed by atoms with E-state index in [4.69, 9.17) is 4.74 Å². The minimum absolute atomic E-state index is 0.00807.